The summed E-state index contributed by atoms with van der Waals surface area (Å²) in [5.74, 6) is 0.631. The highest BCUT2D eigenvalue weighted by molar-refractivity contribution is 8.02. The highest BCUT2D eigenvalue weighted by atomic mass is 32.2. The normalized spacial score (nSPS) is 10.3. The SMILES string of the molecule is COc1ccccc1C(/C=C(/SC)N(C)C)=C(C#N)C#N. The molecule has 0 aromatic heterocycles. The minimum atomic E-state index is 0.0629. The van der Waals surface area contributed by atoms with Crippen LogP contribution in [0.2, 0.25) is 0 Å². The second-order valence-electron chi connectivity index (χ2n) is 4.29. The van der Waals surface area contributed by atoms with Gasteiger partial charge in [-0.15, -0.1) is 11.8 Å². The summed E-state index contributed by atoms with van der Waals surface area (Å²) in [5.41, 5.74) is 1.36. The van der Waals surface area contributed by atoms with Crippen LogP contribution in [0.4, 0.5) is 0 Å². The molecule has 0 heterocycles. The smallest absolute Gasteiger partial charge is 0.137 e. The van der Waals surface area contributed by atoms with Crippen LogP contribution in [-0.4, -0.2) is 32.4 Å². The van der Waals surface area contributed by atoms with Crippen LogP contribution in [0.3, 0.4) is 0 Å². The van der Waals surface area contributed by atoms with Gasteiger partial charge in [0.25, 0.3) is 0 Å². The van der Waals surface area contributed by atoms with Crippen LogP contribution < -0.4 is 4.74 Å². The second-order valence-corrected chi connectivity index (χ2v) is 5.12. The third-order valence-electron chi connectivity index (χ3n) is 2.81. The van der Waals surface area contributed by atoms with Crippen LogP contribution in [0.1, 0.15) is 5.56 Å². The van der Waals surface area contributed by atoms with Gasteiger partial charge in [-0.2, -0.15) is 10.5 Å². The van der Waals surface area contributed by atoms with Crippen LogP contribution in [-0.2, 0) is 0 Å². The molecule has 0 saturated carbocycles. The molecule has 0 aliphatic carbocycles. The molecule has 108 valence electrons. The molecule has 0 aliphatic heterocycles. The summed E-state index contributed by atoms with van der Waals surface area (Å²) >= 11 is 1.55. The molecule has 0 atom stereocenters. The first-order valence-electron chi connectivity index (χ1n) is 6.19. The van der Waals surface area contributed by atoms with Gasteiger partial charge in [-0.05, 0) is 18.4 Å². The molecular formula is C16H17N3OS. The molecular weight excluding hydrogens is 282 g/mol. The number of nitrogens with zero attached hydrogens (tertiary/aromatic N) is 3. The Morgan fingerprint density at radius 2 is 1.86 bits per heavy atom. The van der Waals surface area contributed by atoms with Crippen LogP contribution in [0.25, 0.3) is 5.57 Å². The Kier molecular flexibility index (Phi) is 6.39. The van der Waals surface area contributed by atoms with Crippen molar-refractivity contribution >= 4 is 17.3 Å². The molecule has 0 bridgehead atoms. The number of allylic oxidation sites excluding steroid dienone is 3. The second kappa shape index (κ2) is 8.04. The van der Waals surface area contributed by atoms with Crippen molar-refractivity contribution in [1.29, 1.82) is 10.5 Å². The quantitative estimate of drug-likeness (QED) is 0.617. The maximum atomic E-state index is 9.22. The molecule has 0 N–H and O–H groups in total. The zero-order valence-corrected chi connectivity index (χ0v) is 13.4. The monoisotopic (exact) mass is 299 g/mol. The van der Waals surface area contributed by atoms with Gasteiger partial charge < -0.3 is 9.64 Å². The van der Waals surface area contributed by atoms with Gasteiger partial charge in [-0.1, -0.05) is 18.2 Å². The number of para-hydroxylation sites is 1. The lowest BCUT2D eigenvalue weighted by Gasteiger charge is -2.16. The number of nitriles is 2. The zero-order chi connectivity index (χ0) is 15.8. The van der Waals surface area contributed by atoms with Crippen molar-refractivity contribution in [1.82, 2.24) is 4.90 Å². The molecule has 0 spiro atoms. The predicted octanol–water partition coefficient (Wildman–Crippen LogP) is 3.26. The lowest BCUT2D eigenvalue weighted by molar-refractivity contribution is 0.413. The number of hydrogen-bond acceptors (Lipinski definition) is 5. The molecule has 0 radical (unpaired) electrons. The Labute approximate surface area is 129 Å². The van der Waals surface area contributed by atoms with E-state index in [2.05, 4.69) is 0 Å². The first-order valence-corrected chi connectivity index (χ1v) is 7.42. The van der Waals surface area contributed by atoms with Gasteiger partial charge in [0.2, 0.25) is 0 Å². The van der Waals surface area contributed by atoms with E-state index in [-0.39, 0.29) is 5.57 Å². The number of ether oxygens (including phenoxy) is 1. The average molecular weight is 299 g/mol. The van der Waals surface area contributed by atoms with E-state index in [0.717, 1.165) is 10.6 Å². The third kappa shape index (κ3) is 4.05. The van der Waals surface area contributed by atoms with Crippen molar-refractivity contribution in [2.45, 2.75) is 0 Å². The van der Waals surface area contributed by atoms with Crippen LogP contribution in [0.5, 0.6) is 5.75 Å². The van der Waals surface area contributed by atoms with Gasteiger partial charge in [-0.25, -0.2) is 0 Å². The van der Waals surface area contributed by atoms with Crippen LogP contribution >= 0.6 is 11.8 Å². The summed E-state index contributed by atoms with van der Waals surface area (Å²) in [6.45, 7) is 0. The van der Waals surface area contributed by atoms with E-state index < -0.39 is 0 Å². The van der Waals surface area contributed by atoms with E-state index in [1.807, 2.05) is 67.7 Å². The fourth-order valence-corrected chi connectivity index (χ4v) is 2.39. The number of methoxy groups -OCH3 is 1. The van der Waals surface area contributed by atoms with E-state index in [1.54, 1.807) is 18.9 Å². The summed E-state index contributed by atoms with van der Waals surface area (Å²) in [7, 11) is 5.40. The molecule has 4 nitrogen and oxygen atoms in total. The Morgan fingerprint density at radius 3 is 2.33 bits per heavy atom. The lowest BCUT2D eigenvalue weighted by atomic mass is 10.00. The van der Waals surface area contributed by atoms with E-state index in [9.17, 15) is 10.5 Å². The topological polar surface area (TPSA) is 60.0 Å². The minimum absolute atomic E-state index is 0.0629. The fraction of sp³-hybridized carbons (Fsp3) is 0.250. The Morgan fingerprint density at radius 1 is 1.24 bits per heavy atom. The van der Waals surface area contributed by atoms with Crippen molar-refractivity contribution < 1.29 is 4.74 Å². The largest absolute Gasteiger partial charge is 0.496 e. The zero-order valence-electron chi connectivity index (χ0n) is 12.5. The first-order chi connectivity index (χ1) is 10.1. The van der Waals surface area contributed by atoms with Crippen molar-refractivity contribution in [2.75, 3.05) is 27.5 Å². The summed E-state index contributed by atoms with van der Waals surface area (Å²) in [6.07, 6.45) is 3.79. The molecule has 0 unspecified atom stereocenters. The summed E-state index contributed by atoms with van der Waals surface area (Å²) in [4.78, 5) is 1.94. The summed E-state index contributed by atoms with van der Waals surface area (Å²) < 4.78 is 5.34. The molecule has 0 saturated heterocycles. The number of rotatable bonds is 5. The highest BCUT2D eigenvalue weighted by Crippen LogP contribution is 2.31. The Balaban J connectivity index is 3.61. The highest BCUT2D eigenvalue weighted by Gasteiger charge is 2.13. The van der Waals surface area contributed by atoms with Crippen LogP contribution in [0, 0.1) is 22.7 Å². The van der Waals surface area contributed by atoms with Gasteiger partial charge in [-0.3, -0.25) is 0 Å². The van der Waals surface area contributed by atoms with Crippen molar-refractivity contribution in [3.05, 3.63) is 46.5 Å². The standard InChI is InChI=1S/C16H17N3OS/c1-19(2)16(21-4)9-14(12(10-17)11-18)13-7-5-6-8-15(13)20-3/h5-9H,1-4H3/b16-9+. The molecule has 1 rings (SSSR count). The van der Waals surface area contributed by atoms with Crippen molar-refractivity contribution in [3.63, 3.8) is 0 Å². The van der Waals surface area contributed by atoms with Gasteiger partial charge in [0.15, 0.2) is 0 Å². The molecule has 0 amide bonds. The van der Waals surface area contributed by atoms with Crippen molar-refractivity contribution in [3.8, 4) is 17.9 Å². The van der Waals surface area contributed by atoms with Gasteiger partial charge in [0.05, 0.1) is 12.1 Å². The van der Waals surface area contributed by atoms with Gasteiger partial charge >= 0.3 is 0 Å². The molecule has 21 heavy (non-hydrogen) atoms. The Hall–Kier alpha value is -2.37. The van der Waals surface area contributed by atoms with E-state index in [1.165, 1.54) is 0 Å². The van der Waals surface area contributed by atoms with E-state index in [0.29, 0.717) is 11.3 Å². The number of benzene rings is 1. The Bertz CT molecular complexity index is 632. The molecule has 0 aliphatic rings. The minimum Gasteiger partial charge on any atom is -0.496 e. The molecule has 5 heteroatoms. The summed E-state index contributed by atoms with van der Waals surface area (Å²) in [6, 6.07) is 11.3. The molecule has 0 fully saturated rings. The fourth-order valence-electron chi connectivity index (χ4n) is 1.79. The number of thioether (sulfide) groups is 1. The van der Waals surface area contributed by atoms with Crippen LogP contribution in [0.15, 0.2) is 40.9 Å². The van der Waals surface area contributed by atoms with Gasteiger partial charge in [0.1, 0.15) is 23.5 Å². The molecule has 1 aromatic rings. The third-order valence-corrected chi connectivity index (χ3v) is 3.71. The maximum absolute atomic E-state index is 9.22. The number of hydrogen-bond donors (Lipinski definition) is 0. The molecule has 1 aromatic carbocycles. The summed E-state index contributed by atoms with van der Waals surface area (Å²) in [5, 5.41) is 19.4. The van der Waals surface area contributed by atoms with E-state index >= 15 is 0 Å². The van der Waals surface area contributed by atoms with E-state index in [4.69, 9.17) is 4.74 Å². The average Bonchev–Trinajstić information content (AvgIpc) is 2.51. The lowest BCUT2D eigenvalue weighted by Crippen LogP contribution is -2.08. The van der Waals surface area contributed by atoms with Crippen molar-refractivity contribution in [2.24, 2.45) is 0 Å². The maximum Gasteiger partial charge on any atom is 0.137 e. The first kappa shape index (κ1) is 16.7. The predicted molar refractivity (Wildman–Crippen MR) is 86.4 cm³/mol. The van der Waals surface area contributed by atoms with Gasteiger partial charge in [0, 0.05) is 25.2 Å².